The van der Waals surface area contributed by atoms with Crippen LogP contribution in [0.2, 0.25) is 5.02 Å². The highest BCUT2D eigenvalue weighted by atomic mass is 35.5. The van der Waals surface area contributed by atoms with Crippen molar-refractivity contribution in [2.24, 2.45) is 11.8 Å². The Balaban J connectivity index is 1.61. The fourth-order valence-electron chi connectivity index (χ4n) is 5.03. The van der Waals surface area contributed by atoms with Crippen LogP contribution in [0.3, 0.4) is 0 Å². The lowest BCUT2D eigenvalue weighted by molar-refractivity contribution is -0.139. The highest BCUT2D eigenvalue weighted by Gasteiger charge is 2.39. The lowest BCUT2D eigenvalue weighted by Crippen LogP contribution is -2.46. The van der Waals surface area contributed by atoms with Crippen LogP contribution in [0, 0.1) is 11.8 Å². The van der Waals surface area contributed by atoms with Crippen LogP contribution in [0.25, 0.3) is 0 Å². The van der Waals surface area contributed by atoms with Gasteiger partial charge >= 0.3 is 5.97 Å². The molecule has 1 amide bonds. The first kappa shape index (κ1) is 25.1. The molecule has 4 rings (SSSR count). The Labute approximate surface area is 212 Å². The number of carbonyl (C=O) groups is 2. The van der Waals surface area contributed by atoms with E-state index in [2.05, 4.69) is 11.5 Å². The van der Waals surface area contributed by atoms with Gasteiger partial charge in [0.25, 0.3) is 0 Å². The van der Waals surface area contributed by atoms with E-state index in [1.807, 2.05) is 25.2 Å². The summed E-state index contributed by atoms with van der Waals surface area (Å²) in [5.41, 5.74) is 3.28. The third kappa shape index (κ3) is 5.81. The topological polar surface area (TPSA) is 70.1 Å². The van der Waals surface area contributed by atoms with Gasteiger partial charge in [0.2, 0.25) is 5.91 Å². The summed E-state index contributed by atoms with van der Waals surface area (Å²) < 4.78 is 6.26. The number of fused-ring (bicyclic) bond motifs is 2. The zero-order valence-electron chi connectivity index (χ0n) is 20.2. The molecule has 0 spiro atoms. The molecule has 2 aliphatic rings. The molecule has 1 N–H and O–H groups in total. The summed E-state index contributed by atoms with van der Waals surface area (Å²) in [6.45, 7) is 6.11. The van der Waals surface area contributed by atoms with Gasteiger partial charge in [-0.25, -0.2) is 4.79 Å². The van der Waals surface area contributed by atoms with Gasteiger partial charge in [-0.2, -0.15) is 0 Å². The van der Waals surface area contributed by atoms with Crippen molar-refractivity contribution < 1.29 is 19.4 Å². The third-order valence-electron chi connectivity index (χ3n) is 7.19. The number of hydrogen-bond acceptors (Lipinski definition) is 4. The fraction of sp³-hybridized carbons (Fsp3) is 0.429. The summed E-state index contributed by atoms with van der Waals surface area (Å²) in [7, 11) is 1.82. The number of amides is 1. The molecule has 0 radical (unpaired) electrons. The lowest BCUT2D eigenvalue weighted by atomic mass is 9.72. The van der Waals surface area contributed by atoms with Crippen molar-refractivity contribution in [1.29, 1.82) is 0 Å². The second kappa shape index (κ2) is 11.2. The van der Waals surface area contributed by atoms with Crippen LogP contribution >= 0.6 is 11.6 Å². The molecular weight excluding hydrogens is 464 g/mol. The first-order valence-electron chi connectivity index (χ1n) is 12.3. The average Bonchev–Trinajstić information content (AvgIpc) is 2.85. The number of aromatic carboxylic acids is 1. The molecule has 1 fully saturated rings. The van der Waals surface area contributed by atoms with Crippen molar-refractivity contribution in [3.05, 3.63) is 70.8 Å². The van der Waals surface area contributed by atoms with E-state index in [9.17, 15) is 14.7 Å². The minimum Gasteiger partial charge on any atom is -0.487 e. The Morgan fingerprint density at radius 1 is 1.20 bits per heavy atom. The molecule has 7 heteroatoms. The number of carboxylic acids is 1. The second-order valence-electron chi connectivity index (χ2n) is 9.54. The maximum absolute atomic E-state index is 12.9. The third-order valence-corrected chi connectivity index (χ3v) is 7.43. The number of carboxylic acid groups (broad SMARTS) is 1. The molecular formula is C28H33ClN2O4. The molecule has 1 aliphatic heterocycles. The van der Waals surface area contributed by atoms with Crippen molar-refractivity contribution in [1.82, 2.24) is 4.90 Å². The van der Waals surface area contributed by atoms with Gasteiger partial charge in [-0.3, -0.25) is 4.79 Å². The number of likely N-dealkylation sites (N-methyl/N-ethyl adjacent to an activating group) is 1. The highest BCUT2D eigenvalue weighted by molar-refractivity contribution is 6.30. The Morgan fingerprint density at radius 2 is 2.03 bits per heavy atom. The molecule has 186 valence electrons. The van der Waals surface area contributed by atoms with Gasteiger partial charge in [0.05, 0.1) is 11.3 Å². The molecule has 2 aromatic carbocycles. The van der Waals surface area contributed by atoms with E-state index in [-0.39, 0.29) is 23.3 Å². The van der Waals surface area contributed by atoms with Gasteiger partial charge in [-0.15, -0.1) is 6.58 Å². The molecule has 1 aliphatic carbocycles. The molecule has 1 saturated carbocycles. The fourth-order valence-corrected chi connectivity index (χ4v) is 5.23. The van der Waals surface area contributed by atoms with Crippen LogP contribution in [-0.4, -0.2) is 48.6 Å². The Kier molecular flexibility index (Phi) is 8.01. The van der Waals surface area contributed by atoms with Crippen LogP contribution in [-0.2, 0) is 17.8 Å². The quantitative estimate of drug-likeness (QED) is 0.540. The molecule has 1 heterocycles. The number of anilines is 1. The zero-order valence-corrected chi connectivity index (χ0v) is 21.0. The first-order valence-corrected chi connectivity index (χ1v) is 12.6. The summed E-state index contributed by atoms with van der Waals surface area (Å²) in [6.07, 6.45) is 6.42. The average molecular weight is 497 g/mol. The predicted octanol–water partition coefficient (Wildman–Crippen LogP) is 5.43. The standard InChI is InChI=1S/C28H33ClN2O4/c1-3-13-30(2)27(32)24-11-8-21(24)17-31-14-5-4-6-19-15-23(29)10-7-22(19)18-35-26-12-9-20(28(33)34)16-25(26)31/h3,7,9-10,12,15-16,21,24H,1,4-6,8,11,13-14,17-18H2,2H3,(H,33,34)/t21-,24+/m0/s1. The van der Waals surface area contributed by atoms with Crippen LogP contribution in [0.1, 0.15) is 47.2 Å². The maximum Gasteiger partial charge on any atom is 0.335 e. The summed E-state index contributed by atoms with van der Waals surface area (Å²) in [5, 5.41) is 10.4. The molecule has 0 unspecified atom stereocenters. The number of ether oxygens (including phenoxy) is 1. The minimum absolute atomic E-state index is 0.0171. The number of hydrogen-bond donors (Lipinski definition) is 1. The Morgan fingerprint density at radius 3 is 2.74 bits per heavy atom. The number of aryl methyl sites for hydroxylation is 1. The molecule has 0 aromatic heterocycles. The number of benzene rings is 2. The largest absolute Gasteiger partial charge is 0.487 e. The molecule has 35 heavy (non-hydrogen) atoms. The van der Waals surface area contributed by atoms with Crippen LogP contribution < -0.4 is 9.64 Å². The minimum atomic E-state index is -0.968. The van der Waals surface area contributed by atoms with E-state index in [4.69, 9.17) is 16.3 Å². The number of carbonyl (C=O) groups excluding carboxylic acids is 1. The summed E-state index contributed by atoms with van der Waals surface area (Å²) >= 11 is 6.25. The highest BCUT2D eigenvalue weighted by Crippen LogP contribution is 2.39. The molecule has 0 saturated heterocycles. The van der Waals surface area contributed by atoms with Crippen molar-refractivity contribution in [3.8, 4) is 5.75 Å². The first-order chi connectivity index (χ1) is 16.9. The van der Waals surface area contributed by atoms with Gasteiger partial charge in [-0.05, 0) is 79.5 Å². The zero-order chi connectivity index (χ0) is 24.9. The number of nitrogens with zero attached hydrogens (tertiary/aromatic N) is 2. The van der Waals surface area contributed by atoms with Gasteiger partial charge in [0, 0.05) is 37.6 Å². The summed E-state index contributed by atoms with van der Waals surface area (Å²) in [4.78, 5) is 28.6. The van der Waals surface area contributed by atoms with Gasteiger partial charge in [-0.1, -0.05) is 23.7 Å². The van der Waals surface area contributed by atoms with E-state index in [1.54, 1.807) is 29.2 Å². The van der Waals surface area contributed by atoms with Gasteiger partial charge < -0.3 is 19.6 Å². The molecule has 2 atom stereocenters. The molecule has 6 nitrogen and oxygen atoms in total. The van der Waals surface area contributed by atoms with E-state index in [0.717, 1.165) is 49.9 Å². The van der Waals surface area contributed by atoms with Crippen LogP contribution in [0.4, 0.5) is 5.69 Å². The van der Waals surface area contributed by atoms with Crippen molar-refractivity contribution in [2.45, 2.75) is 38.7 Å². The molecule has 2 aromatic rings. The lowest BCUT2D eigenvalue weighted by Gasteiger charge is -2.41. The number of halogens is 1. The smallest absolute Gasteiger partial charge is 0.335 e. The monoisotopic (exact) mass is 496 g/mol. The Bertz CT molecular complexity index is 1100. The second-order valence-corrected chi connectivity index (χ2v) is 9.98. The van der Waals surface area contributed by atoms with Crippen molar-refractivity contribution >= 4 is 29.2 Å². The van der Waals surface area contributed by atoms with Crippen LogP contribution in [0.15, 0.2) is 49.1 Å². The van der Waals surface area contributed by atoms with E-state index in [1.165, 1.54) is 5.56 Å². The summed E-state index contributed by atoms with van der Waals surface area (Å²) in [6, 6.07) is 10.9. The Hall–Kier alpha value is -2.99. The van der Waals surface area contributed by atoms with E-state index >= 15 is 0 Å². The summed E-state index contributed by atoms with van der Waals surface area (Å²) in [5.74, 6) is 0.0458. The van der Waals surface area contributed by atoms with Crippen molar-refractivity contribution in [3.63, 3.8) is 0 Å². The predicted molar refractivity (Wildman–Crippen MR) is 138 cm³/mol. The van der Waals surface area contributed by atoms with E-state index in [0.29, 0.717) is 30.5 Å². The maximum atomic E-state index is 12.9. The van der Waals surface area contributed by atoms with Crippen molar-refractivity contribution in [2.75, 3.05) is 31.6 Å². The van der Waals surface area contributed by atoms with Crippen LogP contribution in [0.5, 0.6) is 5.75 Å². The normalized spacial score (nSPS) is 19.8. The molecule has 0 bridgehead atoms. The van der Waals surface area contributed by atoms with Gasteiger partial charge in [0.1, 0.15) is 12.4 Å². The van der Waals surface area contributed by atoms with Gasteiger partial charge in [0.15, 0.2) is 0 Å². The van der Waals surface area contributed by atoms with E-state index < -0.39 is 5.97 Å². The number of rotatable bonds is 6. The SMILES string of the molecule is C=CCN(C)C(=O)[C@@H]1CC[C@H]1CN1CCCCc2cc(Cl)ccc2COc2ccc(C(=O)O)cc21.